The van der Waals surface area contributed by atoms with E-state index in [2.05, 4.69) is 20.5 Å². The van der Waals surface area contributed by atoms with Gasteiger partial charge < -0.3 is 20.1 Å². The number of nitrogens with zero attached hydrogens (tertiary/aromatic N) is 2. The van der Waals surface area contributed by atoms with Gasteiger partial charge in [-0.1, -0.05) is 12.1 Å². The van der Waals surface area contributed by atoms with Crippen molar-refractivity contribution in [3.63, 3.8) is 0 Å². The summed E-state index contributed by atoms with van der Waals surface area (Å²) >= 11 is 0. The van der Waals surface area contributed by atoms with Crippen molar-refractivity contribution in [2.75, 3.05) is 39.9 Å². The van der Waals surface area contributed by atoms with Gasteiger partial charge in [-0.3, -0.25) is 9.89 Å². The van der Waals surface area contributed by atoms with Crippen LogP contribution < -0.4 is 10.6 Å². The number of guanidine groups is 1. The summed E-state index contributed by atoms with van der Waals surface area (Å²) in [6.07, 6.45) is 4.08. The van der Waals surface area contributed by atoms with Crippen LogP contribution in [-0.2, 0) is 9.47 Å². The molecule has 7 heteroatoms. The number of halogens is 1. The highest BCUT2D eigenvalue weighted by Gasteiger charge is 2.41. The molecule has 3 heterocycles. The summed E-state index contributed by atoms with van der Waals surface area (Å²) in [6.45, 7) is 3.90. The minimum absolute atomic E-state index is 0.143. The Kier molecular flexibility index (Phi) is 5.90. The molecule has 3 aliphatic rings. The molecular formula is C20H29FN4O2. The van der Waals surface area contributed by atoms with Crippen LogP contribution in [0, 0.1) is 5.82 Å². The topological polar surface area (TPSA) is 58.1 Å². The third kappa shape index (κ3) is 4.42. The maximum atomic E-state index is 13.4. The first-order valence-corrected chi connectivity index (χ1v) is 9.93. The van der Waals surface area contributed by atoms with Crippen LogP contribution >= 0.6 is 0 Å². The second kappa shape index (κ2) is 8.54. The fraction of sp³-hybridized carbons (Fsp3) is 0.650. The number of benzene rings is 1. The van der Waals surface area contributed by atoms with Crippen molar-refractivity contribution in [2.45, 2.75) is 43.6 Å². The van der Waals surface area contributed by atoms with Gasteiger partial charge in [0.05, 0.1) is 37.5 Å². The summed E-state index contributed by atoms with van der Waals surface area (Å²) in [7, 11) is 1.80. The van der Waals surface area contributed by atoms with Gasteiger partial charge in [0.2, 0.25) is 0 Å². The molecule has 6 nitrogen and oxygen atoms in total. The summed E-state index contributed by atoms with van der Waals surface area (Å²) in [5, 5.41) is 7.00. The molecule has 1 aromatic rings. The van der Waals surface area contributed by atoms with E-state index >= 15 is 0 Å². The summed E-state index contributed by atoms with van der Waals surface area (Å²) < 4.78 is 24.8. The minimum Gasteiger partial charge on any atom is -0.379 e. The molecule has 0 aliphatic carbocycles. The van der Waals surface area contributed by atoms with E-state index in [4.69, 9.17) is 9.47 Å². The molecule has 3 aliphatic heterocycles. The van der Waals surface area contributed by atoms with Gasteiger partial charge in [-0.05, 0) is 37.0 Å². The van der Waals surface area contributed by atoms with E-state index in [1.54, 1.807) is 7.05 Å². The summed E-state index contributed by atoms with van der Waals surface area (Å²) in [5.74, 6) is 0.595. The predicted molar refractivity (Wildman–Crippen MR) is 102 cm³/mol. The molecule has 3 saturated heterocycles. The molecule has 0 amide bonds. The van der Waals surface area contributed by atoms with E-state index in [9.17, 15) is 4.39 Å². The Morgan fingerprint density at radius 3 is 2.67 bits per heavy atom. The zero-order valence-electron chi connectivity index (χ0n) is 15.9. The molecule has 4 rings (SSSR count). The maximum absolute atomic E-state index is 13.4. The van der Waals surface area contributed by atoms with Crippen LogP contribution in [0.5, 0.6) is 0 Å². The standard InChI is InChI=1S/C20H29FN4O2/c1-22-20(24-17-12-16-6-7-19(17)27-16)23-13-18(25-8-10-26-11-9-25)14-2-4-15(21)5-3-14/h2-5,16-19H,6-13H2,1H3,(H2,22,23,24). The van der Waals surface area contributed by atoms with Crippen molar-refractivity contribution in [1.29, 1.82) is 0 Å². The first-order chi connectivity index (χ1) is 13.2. The minimum atomic E-state index is -0.207. The van der Waals surface area contributed by atoms with Crippen LogP contribution in [0.25, 0.3) is 0 Å². The molecule has 3 fully saturated rings. The second-order valence-corrected chi connectivity index (χ2v) is 7.53. The molecule has 1 aromatic carbocycles. The number of ether oxygens (including phenoxy) is 2. The van der Waals surface area contributed by atoms with Crippen molar-refractivity contribution in [3.8, 4) is 0 Å². The average molecular weight is 376 g/mol. The Morgan fingerprint density at radius 2 is 2.04 bits per heavy atom. The Balaban J connectivity index is 1.40. The molecule has 2 N–H and O–H groups in total. The number of aliphatic imine (C=N–C) groups is 1. The van der Waals surface area contributed by atoms with Crippen LogP contribution in [-0.4, -0.2) is 69.0 Å². The normalized spacial score (nSPS) is 29.7. The number of hydrogen-bond donors (Lipinski definition) is 2. The quantitative estimate of drug-likeness (QED) is 0.605. The molecule has 0 aromatic heterocycles. The van der Waals surface area contributed by atoms with Gasteiger partial charge in [0.25, 0.3) is 0 Å². The fourth-order valence-corrected chi connectivity index (χ4v) is 4.39. The van der Waals surface area contributed by atoms with Crippen LogP contribution in [0.15, 0.2) is 29.3 Å². The third-order valence-corrected chi connectivity index (χ3v) is 5.86. The fourth-order valence-electron chi connectivity index (χ4n) is 4.39. The van der Waals surface area contributed by atoms with Gasteiger partial charge in [-0.15, -0.1) is 0 Å². The van der Waals surface area contributed by atoms with E-state index in [0.29, 0.717) is 24.8 Å². The molecule has 148 valence electrons. The number of nitrogens with one attached hydrogen (secondary N) is 2. The first-order valence-electron chi connectivity index (χ1n) is 9.93. The van der Waals surface area contributed by atoms with Gasteiger partial charge in [-0.2, -0.15) is 0 Å². The Labute approximate surface area is 160 Å². The van der Waals surface area contributed by atoms with Crippen molar-refractivity contribution in [3.05, 3.63) is 35.6 Å². The Bertz CT molecular complexity index is 648. The number of hydrogen-bond acceptors (Lipinski definition) is 4. The number of rotatable bonds is 5. The highest BCUT2D eigenvalue weighted by atomic mass is 19.1. The van der Waals surface area contributed by atoms with Crippen LogP contribution in [0.2, 0.25) is 0 Å². The third-order valence-electron chi connectivity index (χ3n) is 5.86. The maximum Gasteiger partial charge on any atom is 0.191 e. The van der Waals surface area contributed by atoms with Crippen LogP contribution in [0.3, 0.4) is 0 Å². The zero-order chi connectivity index (χ0) is 18.6. The molecular weight excluding hydrogens is 347 g/mol. The SMILES string of the molecule is CN=C(NCC(c1ccc(F)cc1)N1CCOCC1)NC1CC2CCC1O2. The van der Waals surface area contributed by atoms with Crippen molar-refractivity contribution >= 4 is 5.96 Å². The highest BCUT2D eigenvalue weighted by Crippen LogP contribution is 2.34. The molecule has 4 unspecified atom stereocenters. The predicted octanol–water partition coefficient (Wildman–Crippen LogP) is 1.68. The van der Waals surface area contributed by atoms with E-state index in [0.717, 1.165) is 50.7 Å². The van der Waals surface area contributed by atoms with Gasteiger partial charge in [0.15, 0.2) is 5.96 Å². The van der Waals surface area contributed by atoms with Crippen molar-refractivity contribution < 1.29 is 13.9 Å². The first kappa shape index (κ1) is 18.7. The zero-order valence-corrected chi connectivity index (χ0v) is 15.9. The Morgan fingerprint density at radius 1 is 1.26 bits per heavy atom. The van der Waals surface area contributed by atoms with Gasteiger partial charge in [0.1, 0.15) is 5.82 Å². The summed E-state index contributed by atoms with van der Waals surface area (Å²) in [6, 6.07) is 7.28. The lowest BCUT2D eigenvalue weighted by molar-refractivity contribution is 0.0169. The van der Waals surface area contributed by atoms with E-state index < -0.39 is 0 Å². The highest BCUT2D eigenvalue weighted by molar-refractivity contribution is 5.80. The van der Waals surface area contributed by atoms with Gasteiger partial charge in [0, 0.05) is 26.7 Å². The number of fused-ring (bicyclic) bond motifs is 2. The molecule has 0 radical (unpaired) electrons. The number of morpholine rings is 1. The van der Waals surface area contributed by atoms with Crippen molar-refractivity contribution in [2.24, 2.45) is 4.99 Å². The lowest BCUT2D eigenvalue weighted by Crippen LogP contribution is -2.50. The van der Waals surface area contributed by atoms with E-state index in [1.807, 2.05) is 12.1 Å². The molecule has 0 saturated carbocycles. The average Bonchev–Trinajstić information content (AvgIpc) is 3.32. The monoisotopic (exact) mass is 376 g/mol. The van der Waals surface area contributed by atoms with Gasteiger partial charge in [-0.25, -0.2) is 4.39 Å². The Hall–Kier alpha value is -1.70. The summed E-state index contributed by atoms with van der Waals surface area (Å²) in [4.78, 5) is 6.78. The van der Waals surface area contributed by atoms with E-state index in [1.165, 1.54) is 18.6 Å². The lowest BCUT2D eigenvalue weighted by Gasteiger charge is -2.35. The molecule has 27 heavy (non-hydrogen) atoms. The van der Waals surface area contributed by atoms with Gasteiger partial charge >= 0.3 is 0 Å². The molecule has 2 bridgehead atoms. The lowest BCUT2D eigenvalue weighted by atomic mass is 9.96. The second-order valence-electron chi connectivity index (χ2n) is 7.53. The van der Waals surface area contributed by atoms with Crippen molar-refractivity contribution in [1.82, 2.24) is 15.5 Å². The van der Waals surface area contributed by atoms with E-state index in [-0.39, 0.29) is 11.9 Å². The summed E-state index contributed by atoms with van der Waals surface area (Å²) in [5.41, 5.74) is 1.10. The molecule has 4 atom stereocenters. The molecule has 0 spiro atoms. The van der Waals surface area contributed by atoms with Crippen LogP contribution in [0.4, 0.5) is 4.39 Å². The van der Waals surface area contributed by atoms with Crippen LogP contribution in [0.1, 0.15) is 30.9 Å². The largest absolute Gasteiger partial charge is 0.379 e. The smallest absolute Gasteiger partial charge is 0.191 e.